The van der Waals surface area contributed by atoms with E-state index in [1.165, 1.54) is 14.0 Å². The summed E-state index contributed by atoms with van der Waals surface area (Å²) in [6.45, 7) is 4.71. The number of nitrogens with zero attached hydrogens (tertiary/aromatic N) is 3. The van der Waals surface area contributed by atoms with E-state index in [0.717, 1.165) is 10.6 Å². The average Bonchev–Trinajstić information content (AvgIpc) is 2.57. The van der Waals surface area contributed by atoms with Crippen LogP contribution in [0, 0.1) is 11.1 Å². The number of carbonyl (C=O) groups is 2. The van der Waals surface area contributed by atoms with E-state index >= 15 is 0 Å². The molecule has 0 aliphatic heterocycles. The fourth-order valence-corrected chi connectivity index (χ4v) is 1.82. The summed E-state index contributed by atoms with van der Waals surface area (Å²) in [6, 6.07) is 7.76. The maximum atomic E-state index is 12.0. The number of hydrogen-bond acceptors (Lipinski definition) is 6. The van der Waals surface area contributed by atoms with Gasteiger partial charge in [-0.3, -0.25) is 9.63 Å². The summed E-state index contributed by atoms with van der Waals surface area (Å²) in [7, 11) is 1.28. The largest absolute Gasteiger partial charge is 0.569 e. The lowest BCUT2D eigenvalue weighted by atomic mass is 10.1. The first kappa shape index (κ1) is 20.2. The fourth-order valence-electron chi connectivity index (χ4n) is 1.82. The van der Waals surface area contributed by atoms with Gasteiger partial charge in [0.25, 0.3) is 6.29 Å². The average molecular weight is 353 g/mol. The predicted octanol–water partition coefficient (Wildman–Crippen LogP) is 1.97. The number of esters is 1. The van der Waals surface area contributed by atoms with Crippen molar-refractivity contribution in [1.29, 1.82) is 0 Å². The second-order valence-corrected chi connectivity index (χ2v) is 5.72. The lowest BCUT2D eigenvalue weighted by Crippen LogP contribution is -2.44. The number of rotatable bonds is 9. The summed E-state index contributed by atoms with van der Waals surface area (Å²) in [5.74, 6) is -2.03. The van der Waals surface area contributed by atoms with Crippen molar-refractivity contribution >= 4 is 11.9 Å². The molecule has 1 N–H and O–H groups in total. The minimum Gasteiger partial charge on any atom is -0.569 e. The standard InChI is InChI=1S/C16H23N3O6/c1-11(2)16(22)24-12(3)25-17-19(23)18(4)14(15(20)21)10-13-8-6-5-7-9-13/h5-9,11-12,14H,10H2,1-4H3,(H,20,21)/t12?,14-/m0/s1. The van der Waals surface area contributed by atoms with Crippen LogP contribution in [0.15, 0.2) is 35.6 Å². The molecule has 0 fully saturated rings. The third-order valence-corrected chi connectivity index (χ3v) is 3.30. The van der Waals surface area contributed by atoms with Gasteiger partial charge in [0.15, 0.2) is 6.04 Å². The Morgan fingerprint density at radius 1 is 1.28 bits per heavy atom. The Kier molecular flexibility index (Phi) is 7.64. The first-order valence-electron chi connectivity index (χ1n) is 7.76. The molecule has 0 aromatic heterocycles. The number of ether oxygens (including phenoxy) is 1. The van der Waals surface area contributed by atoms with Gasteiger partial charge in [-0.05, 0) is 5.56 Å². The van der Waals surface area contributed by atoms with E-state index in [0.29, 0.717) is 0 Å². The summed E-state index contributed by atoms with van der Waals surface area (Å²) in [6.07, 6.45) is -0.962. The van der Waals surface area contributed by atoms with E-state index < -0.39 is 24.3 Å². The van der Waals surface area contributed by atoms with Crippen LogP contribution in [0.1, 0.15) is 26.3 Å². The van der Waals surface area contributed by atoms with Crippen molar-refractivity contribution < 1.29 is 29.2 Å². The first-order valence-corrected chi connectivity index (χ1v) is 7.76. The highest BCUT2D eigenvalue weighted by molar-refractivity contribution is 5.73. The van der Waals surface area contributed by atoms with Gasteiger partial charge in [0.05, 0.1) is 17.9 Å². The lowest BCUT2D eigenvalue weighted by Gasteiger charge is -2.20. The van der Waals surface area contributed by atoms with Crippen molar-refractivity contribution in [3.05, 3.63) is 41.1 Å². The molecule has 138 valence electrons. The molecule has 0 saturated heterocycles. The van der Waals surface area contributed by atoms with Gasteiger partial charge < -0.3 is 15.1 Å². The number of hydrogen-bond donors (Lipinski definition) is 1. The van der Waals surface area contributed by atoms with Crippen LogP contribution in [0.3, 0.4) is 0 Å². The van der Waals surface area contributed by atoms with Crippen molar-refractivity contribution in [2.45, 2.75) is 39.5 Å². The summed E-state index contributed by atoms with van der Waals surface area (Å²) in [5, 5.41) is 25.4. The number of carboxylic acid groups (broad SMARTS) is 1. The van der Waals surface area contributed by atoms with Crippen molar-refractivity contribution in [2.24, 2.45) is 11.2 Å². The number of benzene rings is 1. The van der Waals surface area contributed by atoms with Crippen LogP contribution in [0.25, 0.3) is 0 Å². The van der Waals surface area contributed by atoms with Crippen LogP contribution in [-0.2, 0) is 25.6 Å². The van der Waals surface area contributed by atoms with Gasteiger partial charge in [-0.2, -0.15) is 0 Å². The fraction of sp³-hybridized carbons (Fsp3) is 0.500. The summed E-state index contributed by atoms with van der Waals surface area (Å²) >= 11 is 0. The molecule has 0 spiro atoms. The zero-order valence-electron chi connectivity index (χ0n) is 14.7. The van der Waals surface area contributed by atoms with Crippen molar-refractivity contribution in [1.82, 2.24) is 5.01 Å². The van der Waals surface area contributed by atoms with Gasteiger partial charge in [0.2, 0.25) is 5.28 Å². The molecule has 0 bridgehead atoms. The van der Waals surface area contributed by atoms with E-state index in [1.807, 2.05) is 6.07 Å². The van der Waals surface area contributed by atoms with Gasteiger partial charge >= 0.3 is 11.9 Å². The molecular formula is C16H23N3O6. The molecule has 1 unspecified atom stereocenters. The van der Waals surface area contributed by atoms with Crippen LogP contribution < -0.4 is 0 Å². The molecule has 1 aromatic carbocycles. The third kappa shape index (κ3) is 6.66. The van der Waals surface area contributed by atoms with Crippen LogP contribution in [0.5, 0.6) is 0 Å². The van der Waals surface area contributed by atoms with Crippen LogP contribution >= 0.6 is 0 Å². The van der Waals surface area contributed by atoms with Crippen molar-refractivity contribution in [3.8, 4) is 0 Å². The van der Waals surface area contributed by atoms with Gasteiger partial charge in [0, 0.05) is 13.3 Å². The second kappa shape index (κ2) is 9.45. The zero-order chi connectivity index (χ0) is 19.0. The normalized spacial score (nSPS) is 13.9. The summed E-state index contributed by atoms with van der Waals surface area (Å²) in [4.78, 5) is 27.7. The highest BCUT2D eigenvalue weighted by Crippen LogP contribution is 2.09. The van der Waals surface area contributed by atoms with E-state index in [-0.39, 0.29) is 17.3 Å². The molecule has 0 radical (unpaired) electrons. The molecule has 9 heteroatoms. The number of likely N-dealkylation sites (N-methyl/N-ethyl adjacent to an activating group) is 1. The van der Waals surface area contributed by atoms with Gasteiger partial charge in [0.1, 0.15) is 0 Å². The second-order valence-electron chi connectivity index (χ2n) is 5.72. The molecule has 0 aliphatic carbocycles. The van der Waals surface area contributed by atoms with E-state index in [1.54, 1.807) is 38.1 Å². The maximum Gasteiger partial charge on any atom is 0.332 e. The Balaban J connectivity index is 2.71. The van der Waals surface area contributed by atoms with E-state index in [2.05, 4.69) is 5.28 Å². The molecule has 25 heavy (non-hydrogen) atoms. The third-order valence-electron chi connectivity index (χ3n) is 3.30. The first-order chi connectivity index (χ1) is 11.7. The monoisotopic (exact) mass is 353 g/mol. The highest BCUT2D eigenvalue weighted by atomic mass is 16.8. The van der Waals surface area contributed by atoms with Gasteiger partial charge in [-0.25, -0.2) is 4.79 Å². The molecule has 0 amide bonds. The topological polar surface area (TPSA) is 114 Å². The molecule has 1 aromatic rings. The van der Waals surface area contributed by atoms with Crippen LogP contribution in [0.4, 0.5) is 0 Å². The molecule has 9 nitrogen and oxygen atoms in total. The lowest BCUT2D eigenvalue weighted by molar-refractivity contribution is -0.712. The smallest absolute Gasteiger partial charge is 0.332 e. The van der Waals surface area contributed by atoms with Crippen LogP contribution in [-0.4, -0.2) is 46.4 Å². The molecular weight excluding hydrogens is 330 g/mol. The number of aliphatic carboxylic acids is 1. The summed E-state index contributed by atoms with van der Waals surface area (Å²) in [5.41, 5.74) is 0.760. The minimum atomic E-state index is -1.18. The Morgan fingerprint density at radius 2 is 1.88 bits per heavy atom. The van der Waals surface area contributed by atoms with E-state index in [4.69, 9.17) is 9.57 Å². The van der Waals surface area contributed by atoms with E-state index in [9.17, 15) is 19.9 Å². The maximum absolute atomic E-state index is 12.0. The number of carbonyl (C=O) groups excluding carboxylic acids is 1. The Morgan fingerprint density at radius 3 is 2.40 bits per heavy atom. The quantitative estimate of drug-likeness (QED) is 0.237. The molecule has 0 aliphatic rings. The van der Waals surface area contributed by atoms with Crippen molar-refractivity contribution in [3.63, 3.8) is 0 Å². The van der Waals surface area contributed by atoms with Crippen molar-refractivity contribution in [2.75, 3.05) is 7.05 Å². The minimum absolute atomic E-state index is 0.0153. The predicted molar refractivity (Wildman–Crippen MR) is 86.9 cm³/mol. The molecule has 2 atom stereocenters. The molecule has 0 saturated carbocycles. The molecule has 1 rings (SSSR count). The molecule has 0 heterocycles. The Hall–Kier alpha value is -2.84. The zero-order valence-corrected chi connectivity index (χ0v) is 14.7. The Labute approximate surface area is 146 Å². The number of hydrazine groups is 1. The van der Waals surface area contributed by atoms with Crippen LogP contribution in [0.2, 0.25) is 0 Å². The highest BCUT2D eigenvalue weighted by Gasteiger charge is 2.29. The van der Waals surface area contributed by atoms with Gasteiger partial charge in [-0.1, -0.05) is 44.2 Å². The summed E-state index contributed by atoms with van der Waals surface area (Å²) < 4.78 is 4.89. The number of carboxylic acids is 1. The van der Waals surface area contributed by atoms with Gasteiger partial charge in [-0.15, -0.1) is 5.01 Å². The SMILES string of the molecule is CC(ON=[N+]([O-])N(C)[C@@H](Cc1ccccc1)C(=O)O)OC(=O)C(C)C. The Bertz CT molecular complexity index is 605.